The molecular formula is C21H17NO. The second-order valence-electron chi connectivity index (χ2n) is 6.26. The molecule has 2 aromatic carbocycles. The molecule has 0 unspecified atom stereocenters. The summed E-state index contributed by atoms with van der Waals surface area (Å²) in [6.45, 7) is 0. The van der Waals surface area contributed by atoms with Gasteiger partial charge in [-0.1, -0.05) is 36.4 Å². The van der Waals surface area contributed by atoms with E-state index in [1.807, 2.05) is 18.4 Å². The molecule has 3 aliphatic rings. The zero-order chi connectivity index (χ0) is 15.2. The average molecular weight is 299 g/mol. The predicted octanol–water partition coefficient (Wildman–Crippen LogP) is 3.54. The van der Waals surface area contributed by atoms with E-state index in [0.29, 0.717) is 5.92 Å². The van der Waals surface area contributed by atoms with Crippen molar-refractivity contribution in [2.75, 3.05) is 5.32 Å². The maximum atomic E-state index is 5.87. The first-order valence-electron chi connectivity index (χ1n) is 8.14. The Morgan fingerprint density at radius 3 is 2.87 bits per heavy atom. The van der Waals surface area contributed by atoms with Gasteiger partial charge in [-0.3, -0.25) is 0 Å². The van der Waals surface area contributed by atoms with Gasteiger partial charge in [0.2, 0.25) is 0 Å². The molecule has 2 aliphatic heterocycles. The van der Waals surface area contributed by atoms with Crippen LogP contribution in [0.5, 0.6) is 5.75 Å². The van der Waals surface area contributed by atoms with Crippen molar-refractivity contribution in [3.63, 3.8) is 0 Å². The van der Waals surface area contributed by atoms with Crippen molar-refractivity contribution in [3.05, 3.63) is 70.8 Å². The average Bonchev–Trinajstić information content (AvgIpc) is 3.15. The van der Waals surface area contributed by atoms with Crippen LogP contribution in [0.4, 0.5) is 5.69 Å². The lowest BCUT2D eigenvalue weighted by atomic mass is 9.93. The SMILES string of the molecule is C1=C[C@@H](C2=CNc3ccc4c(c3=C2)=COc2ccccc2-4)CC1. The van der Waals surface area contributed by atoms with Gasteiger partial charge in [0.25, 0.3) is 0 Å². The third-order valence-corrected chi connectivity index (χ3v) is 4.91. The van der Waals surface area contributed by atoms with Crippen LogP contribution in [0.2, 0.25) is 0 Å². The number of benzene rings is 2. The van der Waals surface area contributed by atoms with Crippen molar-refractivity contribution < 1.29 is 4.74 Å². The number of fused-ring (bicyclic) bond motifs is 5. The van der Waals surface area contributed by atoms with Crippen LogP contribution in [0.1, 0.15) is 12.8 Å². The molecule has 2 nitrogen and oxygen atoms in total. The van der Waals surface area contributed by atoms with Gasteiger partial charge >= 0.3 is 0 Å². The van der Waals surface area contributed by atoms with Crippen LogP contribution in [-0.2, 0) is 0 Å². The van der Waals surface area contributed by atoms with Crippen LogP contribution < -0.4 is 20.5 Å². The number of ether oxygens (including phenoxy) is 1. The Morgan fingerprint density at radius 2 is 1.96 bits per heavy atom. The molecule has 2 aromatic rings. The van der Waals surface area contributed by atoms with Crippen LogP contribution in [0.15, 0.2) is 60.3 Å². The minimum atomic E-state index is 0.531. The highest BCUT2D eigenvalue weighted by Crippen LogP contribution is 2.31. The number of hydrogen-bond acceptors (Lipinski definition) is 2. The molecule has 1 aliphatic carbocycles. The molecule has 0 bridgehead atoms. The molecular weight excluding hydrogens is 282 g/mol. The molecule has 0 radical (unpaired) electrons. The Kier molecular flexibility index (Phi) is 2.71. The molecule has 1 N–H and O–H groups in total. The van der Waals surface area contributed by atoms with E-state index in [1.165, 1.54) is 34.4 Å². The lowest BCUT2D eigenvalue weighted by Gasteiger charge is -2.20. The summed E-state index contributed by atoms with van der Waals surface area (Å²) >= 11 is 0. The van der Waals surface area contributed by atoms with Crippen molar-refractivity contribution in [3.8, 4) is 16.9 Å². The van der Waals surface area contributed by atoms with Crippen molar-refractivity contribution >= 4 is 18.0 Å². The first kappa shape index (κ1) is 12.8. The van der Waals surface area contributed by atoms with Crippen molar-refractivity contribution in [1.82, 2.24) is 0 Å². The van der Waals surface area contributed by atoms with Gasteiger partial charge < -0.3 is 10.1 Å². The van der Waals surface area contributed by atoms with Gasteiger partial charge in [-0.25, -0.2) is 0 Å². The first-order valence-corrected chi connectivity index (χ1v) is 8.14. The Hall–Kier alpha value is -2.74. The van der Waals surface area contributed by atoms with E-state index < -0.39 is 0 Å². The Bertz CT molecular complexity index is 981. The second kappa shape index (κ2) is 4.88. The molecule has 2 heterocycles. The first-order chi connectivity index (χ1) is 11.4. The van der Waals surface area contributed by atoms with E-state index >= 15 is 0 Å². The lowest BCUT2D eigenvalue weighted by Crippen LogP contribution is -2.33. The summed E-state index contributed by atoms with van der Waals surface area (Å²) in [7, 11) is 0. The van der Waals surface area contributed by atoms with Crippen LogP contribution in [0.3, 0.4) is 0 Å². The lowest BCUT2D eigenvalue weighted by molar-refractivity contribution is 0.537. The van der Waals surface area contributed by atoms with Crippen LogP contribution in [-0.4, -0.2) is 0 Å². The fraction of sp³-hybridized carbons (Fsp3) is 0.143. The summed E-state index contributed by atoms with van der Waals surface area (Å²) in [6.07, 6.45) is 13.3. The fourth-order valence-corrected chi connectivity index (χ4v) is 3.69. The second-order valence-corrected chi connectivity index (χ2v) is 6.26. The highest BCUT2D eigenvalue weighted by molar-refractivity contribution is 5.78. The number of rotatable bonds is 1. The standard InChI is InChI=1S/C21H17NO/c1-2-6-14(5-1)15-11-18-19-13-23-21-8-4-3-7-17(21)16(19)9-10-20(18)22-12-15/h1,3-5,7-14,22H,2,6H2/t14-/m1/s1. The monoisotopic (exact) mass is 299 g/mol. The zero-order valence-corrected chi connectivity index (χ0v) is 12.8. The molecule has 0 saturated heterocycles. The topological polar surface area (TPSA) is 21.3 Å². The quantitative estimate of drug-likeness (QED) is 0.813. The van der Waals surface area contributed by atoms with Gasteiger partial charge in [0.15, 0.2) is 0 Å². The van der Waals surface area contributed by atoms with Crippen LogP contribution in [0.25, 0.3) is 23.5 Å². The Morgan fingerprint density at radius 1 is 1.00 bits per heavy atom. The van der Waals surface area contributed by atoms with E-state index in [2.05, 4.69) is 54.0 Å². The van der Waals surface area contributed by atoms with Crippen LogP contribution in [0, 0.1) is 5.92 Å². The van der Waals surface area contributed by atoms with E-state index in [1.54, 1.807) is 0 Å². The molecule has 0 fully saturated rings. The molecule has 2 heteroatoms. The summed E-state index contributed by atoms with van der Waals surface area (Å²) in [5.41, 5.74) is 4.91. The number of allylic oxidation sites excluding steroid dienone is 3. The van der Waals surface area contributed by atoms with Gasteiger partial charge in [0.05, 0.1) is 6.26 Å². The Balaban J connectivity index is 1.72. The molecule has 0 spiro atoms. The zero-order valence-electron chi connectivity index (χ0n) is 12.8. The van der Waals surface area contributed by atoms with Gasteiger partial charge in [0.1, 0.15) is 5.75 Å². The Labute approximate surface area is 135 Å². The van der Waals surface area contributed by atoms with Gasteiger partial charge in [0, 0.05) is 33.8 Å². The third-order valence-electron chi connectivity index (χ3n) is 4.91. The molecule has 0 saturated carbocycles. The highest BCUT2D eigenvalue weighted by atomic mass is 16.5. The van der Waals surface area contributed by atoms with E-state index in [0.717, 1.165) is 17.0 Å². The van der Waals surface area contributed by atoms with Crippen LogP contribution >= 0.6 is 0 Å². The van der Waals surface area contributed by atoms with Crippen molar-refractivity contribution in [1.29, 1.82) is 0 Å². The smallest absolute Gasteiger partial charge is 0.134 e. The number of hydrogen-bond donors (Lipinski definition) is 1. The molecule has 5 rings (SSSR count). The summed E-state index contributed by atoms with van der Waals surface area (Å²) in [5.74, 6) is 1.46. The summed E-state index contributed by atoms with van der Waals surface area (Å²) in [4.78, 5) is 0. The molecule has 23 heavy (non-hydrogen) atoms. The number of para-hydroxylation sites is 1. The summed E-state index contributed by atoms with van der Waals surface area (Å²) in [5, 5.41) is 5.86. The maximum Gasteiger partial charge on any atom is 0.134 e. The summed E-state index contributed by atoms with van der Waals surface area (Å²) < 4.78 is 5.87. The minimum absolute atomic E-state index is 0.531. The van der Waals surface area contributed by atoms with E-state index in [9.17, 15) is 0 Å². The predicted molar refractivity (Wildman–Crippen MR) is 94.3 cm³/mol. The van der Waals surface area contributed by atoms with E-state index in [4.69, 9.17) is 4.74 Å². The minimum Gasteiger partial charge on any atom is -0.464 e. The number of nitrogens with one attached hydrogen (secondary N) is 1. The normalized spacial score (nSPS) is 20.0. The van der Waals surface area contributed by atoms with Gasteiger partial charge in [-0.2, -0.15) is 0 Å². The van der Waals surface area contributed by atoms with Crippen molar-refractivity contribution in [2.24, 2.45) is 5.92 Å². The largest absolute Gasteiger partial charge is 0.464 e. The summed E-state index contributed by atoms with van der Waals surface area (Å²) in [6, 6.07) is 12.6. The molecule has 0 amide bonds. The van der Waals surface area contributed by atoms with Gasteiger partial charge in [-0.05, 0) is 42.2 Å². The van der Waals surface area contributed by atoms with Crippen molar-refractivity contribution in [2.45, 2.75) is 12.8 Å². The third kappa shape index (κ3) is 1.95. The van der Waals surface area contributed by atoms with E-state index in [-0.39, 0.29) is 0 Å². The highest BCUT2D eigenvalue weighted by Gasteiger charge is 2.18. The molecule has 112 valence electrons. The number of anilines is 1. The molecule has 0 aromatic heterocycles. The molecule has 1 atom stereocenters. The fourth-order valence-electron chi connectivity index (χ4n) is 3.69. The van der Waals surface area contributed by atoms with Gasteiger partial charge in [-0.15, -0.1) is 0 Å². The maximum absolute atomic E-state index is 5.87.